The molecule has 0 fully saturated rings. The Bertz CT molecular complexity index is 515. The maximum Gasteiger partial charge on any atom is 0.304 e. The fourth-order valence-corrected chi connectivity index (χ4v) is 2.15. The highest BCUT2D eigenvalue weighted by Crippen LogP contribution is 2.03. The van der Waals surface area contributed by atoms with Crippen molar-refractivity contribution in [3.63, 3.8) is 0 Å². The molecule has 0 amide bonds. The topological polar surface area (TPSA) is 44.9 Å². The molecule has 0 saturated carbocycles. The third-order valence-corrected chi connectivity index (χ3v) is 3.02. The molecule has 1 aromatic carbocycles. The van der Waals surface area contributed by atoms with E-state index in [1.807, 2.05) is 5.38 Å². The number of aryl methyl sites for hydroxylation is 1. The van der Waals surface area contributed by atoms with E-state index in [9.17, 15) is 4.79 Å². The standard InChI is InChI=1S/C12H14N2OS/c1-9-3-2-4-10(5-9)6-13-7-11-8-16-12(15)14-11/h2-5,8,13H,6-7H2,1H3,(H,14,15). The number of hydrogen-bond donors (Lipinski definition) is 2. The van der Waals surface area contributed by atoms with Crippen molar-refractivity contribution in [2.75, 3.05) is 0 Å². The van der Waals surface area contributed by atoms with E-state index < -0.39 is 0 Å². The van der Waals surface area contributed by atoms with Crippen LogP contribution in [0.4, 0.5) is 0 Å². The summed E-state index contributed by atoms with van der Waals surface area (Å²) in [7, 11) is 0. The number of H-pyrrole nitrogens is 1. The highest BCUT2D eigenvalue weighted by Gasteiger charge is 1.96. The lowest BCUT2D eigenvalue weighted by molar-refractivity contribution is 0.681. The zero-order valence-corrected chi connectivity index (χ0v) is 9.93. The van der Waals surface area contributed by atoms with E-state index in [1.165, 1.54) is 22.5 Å². The van der Waals surface area contributed by atoms with Gasteiger partial charge in [0, 0.05) is 24.2 Å². The van der Waals surface area contributed by atoms with Gasteiger partial charge in [-0.1, -0.05) is 41.2 Å². The summed E-state index contributed by atoms with van der Waals surface area (Å²) in [4.78, 5) is 13.7. The van der Waals surface area contributed by atoms with Gasteiger partial charge in [-0.3, -0.25) is 4.79 Å². The number of rotatable bonds is 4. The second-order valence-corrected chi connectivity index (χ2v) is 4.61. The largest absolute Gasteiger partial charge is 0.315 e. The number of aromatic amines is 1. The fourth-order valence-electron chi connectivity index (χ4n) is 1.56. The van der Waals surface area contributed by atoms with Crippen LogP contribution in [0.15, 0.2) is 34.4 Å². The number of benzene rings is 1. The Kier molecular flexibility index (Phi) is 3.54. The number of hydrogen-bond acceptors (Lipinski definition) is 3. The average Bonchev–Trinajstić information content (AvgIpc) is 2.64. The first-order chi connectivity index (χ1) is 7.74. The zero-order chi connectivity index (χ0) is 11.4. The number of nitrogens with one attached hydrogen (secondary N) is 2. The minimum atomic E-state index is 0.00681. The highest BCUT2D eigenvalue weighted by molar-refractivity contribution is 7.07. The maximum absolute atomic E-state index is 10.9. The Morgan fingerprint density at radius 3 is 2.94 bits per heavy atom. The third kappa shape index (κ3) is 3.05. The normalized spacial score (nSPS) is 10.6. The van der Waals surface area contributed by atoms with Crippen LogP contribution >= 0.6 is 11.3 Å². The van der Waals surface area contributed by atoms with Crippen LogP contribution in [0.2, 0.25) is 0 Å². The predicted molar refractivity (Wildman–Crippen MR) is 66.7 cm³/mol. The van der Waals surface area contributed by atoms with Crippen molar-refractivity contribution in [1.29, 1.82) is 0 Å². The molecular formula is C12H14N2OS. The Labute approximate surface area is 98.2 Å². The zero-order valence-electron chi connectivity index (χ0n) is 9.12. The van der Waals surface area contributed by atoms with Crippen LogP contribution in [-0.2, 0) is 13.1 Å². The number of aromatic nitrogens is 1. The molecule has 0 aliphatic heterocycles. The average molecular weight is 234 g/mol. The second-order valence-electron chi connectivity index (χ2n) is 3.77. The Hall–Kier alpha value is -1.39. The van der Waals surface area contributed by atoms with E-state index >= 15 is 0 Å². The Morgan fingerprint density at radius 2 is 2.25 bits per heavy atom. The van der Waals surface area contributed by atoms with Crippen LogP contribution < -0.4 is 10.2 Å². The molecule has 0 saturated heterocycles. The van der Waals surface area contributed by atoms with Crippen LogP contribution in [0.25, 0.3) is 0 Å². The summed E-state index contributed by atoms with van der Waals surface area (Å²) in [5.41, 5.74) is 3.48. The Balaban J connectivity index is 1.86. The van der Waals surface area contributed by atoms with Gasteiger partial charge in [-0.15, -0.1) is 0 Å². The quantitative estimate of drug-likeness (QED) is 0.850. The number of thiazole rings is 1. The summed E-state index contributed by atoms with van der Waals surface area (Å²) in [5.74, 6) is 0. The van der Waals surface area contributed by atoms with E-state index in [4.69, 9.17) is 0 Å². The fraction of sp³-hybridized carbons (Fsp3) is 0.250. The highest BCUT2D eigenvalue weighted by atomic mass is 32.1. The van der Waals surface area contributed by atoms with Gasteiger partial charge in [-0.25, -0.2) is 0 Å². The van der Waals surface area contributed by atoms with Gasteiger partial charge in [0.1, 0.15) is 0 Å². The lowest BCUT2D eigenvalue weighted by Gasteiger charge is -2.04. The van der Waals surface area contributed by atoms with Gasteiger partial charge < -0.3 is 10.3 Å². The molecular weight excluding hydrogens is 220 g/mol. The molecule has 0 radical (unpaired) electrons. The first-order valence-electron chi connectivity index (χ1n) is 5.17. The van der Waals surface area contributed by atoms with Crippen molar-refractivity contribution in [2.24, 2.45) is 0 Å². The van der Waals surface area contributed by atoms with E-state index in [-0.39, 0.29) is 4.87 Å². The molecule has 2 rings (SSSR count). The minimum absolute atomic E-state index is 0.00681. The first kappa shape index (κ1) is 11.1. The summed E-state index contributed by atoms with van der Waals surface area (Å²) >= 11 is 1.20. The molecule has 2 aromatic rings. The summed E-state index contributed by atoms with van der Waals surface area (Å²) in [6, 6.07) is 8.39. The van der Waals surface area contributed by atoms with Gasteiger partial charge in [0.2, 0.25) is 0 Å². The van der Waals surface area contributed by atoms with Gasteiger partial charge >= 0.3 is 4.87 Å². The van der Waals surface area contributed by atoms with Gasteiger partial charge in [0.15, 0.2) is 0 Å². The van der Waals surface area contributed by atoms with Crippen LogP contribution in [0, 0.1) is 6.92 Å². The van der Waals surface area contributed by atoms with Gasteiger partial charge in [0.05, 0.1) is 0 Å². The smallest absolute Gasteiger partial charge is 0.304 e. The van der Waals surface area contributed by atoms with Gasteiger partial charge in [-0.2, -0.15) is 0 Å². The van der Waals surface area contributed by atoms with Crippen molar-refractivity contribution in [1.82, 2.24) is 10.3 Å². The van der Waals surface area contributed by atoms with Crippen molar-refractivity contribution in [3.05, 3.63) is 56.1 Å². The predicted octanol–water partition coefficient (Wildman–Crippen LogP) is 2.03. The minimum Gasteiger partial charge on any atom is -0.315 e. The first-order valence-corrected chi connectivity index (χ1v) is 6.05. The molecule has 0 bridgehead atoms. The maximum atomic E-state index is 10.9. The molecule has 0 aliphatic rings. The molecule has 84 valence electrons. The van der Waals surface area contributed by atoms with Crippen molar-refractivity contribution >= 4 is 11.3 Å². The van der Waals surface area contributed by atoms with E-state index in [0.29, 0.717) is 6.54 Å². The van der Waals surface area contributed by atoms with Crippen LogP contribution in [0.5, 0.6) is 0 Å². The van der Waals surface area contributed by atoms with Gasteiger partial charge in [0.25, 0.3) is 0 Å². The molecule has 4 heteroatoms. The molecule has 3 nitrogen and oxygen atoms in total. The van der Waals surface area contributed by atoms with Crippen LogP contribution in [0.3, 0.4) is 0 Å². The van der Waals surface area contributed by atoms with E-state index in [0.717, 1.165) is 12.2 Å². The monoisotopic (exact) mass is 234 g/mol. The molecule has 1 aromatic heterocycles. The summed E-state index contributed by atoms with van der Waals surface area (Å²) < 4.78 is 0. The molecule has 16 heavy (non-hydrogen) atoms. The molecule has 0 unspecified atom stereocenters. The van der Waals surface area contributed by atoms with Crippen molar-refractivity contribution < 1.29 is 0 Å². The van der Waals surface area contributed by atoms with E-state index in [2.05, 4.69) is 41.5 Å². The van der Waals surface area contributed by atoms with Crippen LogP contribution in [0.1, 0.15) is 16.8 Å². The lowest BCUT2D eigenvalue weighted by Crippen LogP contribution is -2.13. The molecule has 0 spiro atoms. The molecule has 0 atom stereocenters. The third-order valence-electron chi connectivity index (χ3n) is 2.30. The molecule has 0 aliphatic carbocycles. The summed E-state index contributed by atoms with van der Waals surface area (Å²) in [6.07, 6.45) is 0. The van der Waals surface area contributed by atoms with E-state index in [1.54, 1.807) is 0 Å². The van der Waals surface area contributed by atoms with Gasteiger partial charge in [-0.05, 0) is 12.5 Å². The Morgan fingerprint density at radius 1 is 1.38 bits per heavy atom. The summed E-state index contributed by atoms with van der Waals surface area (Å²) in [6.45, 7) is 3.60. The molecule has 2 N–H and O–H groups in total. The van der Waals surface area contributed by atoms with Crippen molar-refractivity contribution in [2.45, 2.75) is 20.0 Å². The molecule has 1 heterocycles. The lowest BCUT2D eigenvalue weighted by atomic mass is 10.1. The van der Waals surface area contributed by atoms with Crippen LogP contribution in [-0.4, -0.2) is 4.98 Å². The summed E-state index contributed by atoms with van der Waals surface area (Å²) in [5, 5.41) is 5.15. The SMILES string of the molecule is Cc1cccc(CNCc2csc(=O)[nH]2)c1. The second kappa shape index (κ2) is 5.09. The van der Waals surface area contributed by atoms with Crippen molar-refractivity contribution in [3.8, 4) is 0 Å².